The lowest BCUT2D eigenvalue weighted by Crippen LogP contribution is -1.93. The maximum atomic E-state index is 9.64. The van der Waals surface area contributed by atoms with Crippen LogP contribution in [-0.2, 0) is 6.61 Å². The summed E-state index contributed by atoms with van der Waals surface area (Å²) >= 11 is 3.40. The van der Waals surface area contributed by atoms with Gasteiger partial charge in [0.25, 0.3) is 0 Å². The Morgan fingerprint density at radius 3 is 2.60 bits per heavy atom. The minimum absolute atomic E-state index is 0.131. The summed E-state index contributed by atoms with van der Waals surface area (Å²) in [6.45, 7) is 6.93. The summed E-state index contributed by atoms with van der Waals surface area (Å²) in [4.78, 5) is 7.95. The van der Waals surface area contributed by atoms with E-state index in [-0.39, 0.29) is 6.61 Å². The monoisotopic (exact) mass is 327 g/mol. The smallest absolute Gasteiger partial charge is 0.203 e. The van der Waals surface area contributed by atoms with Crippen molar-refractivity contribution in [2.24, 2.45) is 0 Å². The Kier molecular flexibility index (Phi) is 3.26. The topological polar surface area (TPSA) is 41.9 Å². The van der Waals surface area contributed by atoms with Crippen molar-refractivity contribution in [1.82, 2.24) is 9.38 Å². The van der Waals surface area contributed by atoms with Crippen LogP contribution in [0.5, 0.6) is 0 Å². The zero-order valence-electron chi connectivity index (χ0n) is 10.4. The van der Waals surface area contributed by atoms with E-state index in [0.717, 1.165) is 21.4 Å². The van der Waals surface area contributed by atoms with Crippen molar-refractivity contribution in [2.45, 2.75) is 6.61 Å². The summed E-state index contributed by atoms with van der Waals surface area (Å²) in [6, 6.07) is 11.3. The number of hydrogen-bond donors (Lipinski definition) is 1. The van der Waals surface area contributed by atoms with Gasteiger partial charge in [-0.05, 0) is 18.2 Å². The third-order valence-corrected chi connectivity index (χ3v) is 3.63. The number of aliphatic hydroxyl groups excluding tert-OH is 1. The Bertz CT molecular complexity index is 815. The molecule has 0 radical (unpaired) electrons. The van der Waals surface area contributed by atoms with E-state index in [1.165, 1.54) is 0 Å². The molecular formula is C15H10BrN3O. The van der Waals surface area contributed by atoms with Gasteiger partial charge in [-0.2, -0.15) is 0 Å². The highest BCUT2D eigenvalue weighted by Crippen LogP contribution is 2.27. The molecule has 98 valence electrons. The molecule has 1 aromatic carbocycles. The number of fused-ring (bicyclic) bond motifs is 1. The van der Waals surface area contributed by atoms with Crippen molar-refractivity contribution in [3.8, 4) is 11.3 Å². The standard InChI is InChI=1S/C15H10BrN3O/c1-17-12-6-7-14-18-15(13(9-20)19(14)8-12)10-2-4-11(16)5-3-10/h2-8,20H,9H2. The van der Waals surface area contributed by atoms with Gasteiger partial charge in [-0.25, -0.2) is 9.83 Å². The molecule has 1 N–H and O–H groups in total. The van der Waals surface area contributed by atoms with Gasteiger partial charge in [0.1, 0.15) is 5.65 Å². The summed E-state index contributed by atoms with van der Waals surface area (Å²) < 4.78 is 2.76. The molecule has 0 aliphatic carbocycles. The van der Waals surface area contributed by atoms with Crippen LogP contribution in [0.4, 0.5) is 5.69 Å². The average molecular weight is 328 g/mol. The summed E-state index contributed by atoms with van der Waals surface area (Å²) in [7, 11) is 0. The molecule has 0 unspecified atom stereocenters. The Morgan fingerprint density at radius 1 is 1.20 bits per heavy atom. The SMILES string of the molecule is [C-]#[N+]c1ccc2nc(-c3ccc(Br)cc3)c(CO)n2c1. The van der Waals surface area contributed by atoms with E-state index in [9.17, 15) is 5.11 Å². The fraction of sp³-hybridized carbons (Fsp3) is 0.0667. The Labute approximate surface area is 124 Å². The van der Waals surface area contributed by atoms with Crippen molar-refractivity contribution in [3.63, 3.8) is 0 Å². The molecule has 0 aliphatic rings. The van der Waals surface area contributed by atoms with Crippen molar-refractivity contribution in [3.05, 3.63) is 64.2 Å². The van der Waals surface area contributed by atoms with Crippen molar-refractivity contribution < 1.29 is 5.11 Å². The lowest BCUT2D eigenvalue weighted by molar-refractivity contribution is 0.276. The maximum Gasteiger partial charge on any atom is 0.203 e. The molecule has 4 nitrogen and oxygen atoms in total. The molecular weight excluding hydrogens is 318 g/mol. The molecule has 0 spiro atoms. The molecule has 0 fully saturated rings. The minimum Gasteiger partial charge on any atom is -0.390 e. The van der Waals surface area contributed by atoms with Crippen LogP contribution in [0.25, 0.3) is 21.7 Å². The zero-order valence-corrected chi connectivity index (χ0v) is 12.0. The zero-order chi connectivity index (χ0) is 14.1. The first kappa shape index (κ1) is 12.9. The first-order chi connectivity index (χ1) is 9.72. The molecule has 0 aliphatic heterocycles. The number of nitrogens with zero attached hydrogens (tertiary/aromatic N) is 3. The summed E-state index contributed by atoms with van der Waals surface area (Å²) in [5, 5.41) is 9.64. The minimum atomic E-state index is -0.131. The normalized spacial score (nSPS) is 10.7. The number of halogens is 1. The molecule has 2 aromatic heterocycles. The van der Waals surface area contributed by atoms with Crippen LogP contribution >= 0.6 is 15.9 Å². The first-order valence-electron chi connectivity index (χ1n) is 5.98. The molecule has 5 heteroatoms. The van der Waals surface area contributed by atoms with Crippen molar-refractivity contribution >= 4 is 27.3 Å². The number of benzene rings is 1. The predicted molar refractivity (Wildman–Crippen MR) is 80.5 cm³/mol. The van der Waals surface area contributed by atoms with E-state index in [0.29, 0.717) is 11.4 Å². The number of aromatic nitrogens is 2. The Hall–Kier alpha value is -2.16. The Morgan fingerprint density at radius 2 is 1.95 bits per heavy atom. The summed E-state index contributed by atoms with van der Waals surface area (Å²) in [5.74, 6) is 0. The van der Waals surface area contributed by atoms with Gasteiger partial charge in [0.05, 0.1) is 24.6 Å². The van der Waals surface area contributed by atoms with Gasteiger partial charge in [0.2, 0.25) is 5.69 Å². The largest absolute Gasteiger partial charge is 0.390 e. The molecule has 0 saturated heterocycles. The van der Waals surface area contributed by atoms with Gasteiger partial charge in [-0.1, -0.05) is 34.1 Å². The molecule has 0 bridgehead atoms. The first-order valence-corrected chi connectivity index (χ1v) is 6.77. The number of aliphatic hydroxyl groups is 1. The van der Waals surface area contributed by atoms with Gasteiger partial charge in [0.15, 0.2) is 0 Å². The quantitative estimate of drug-likeness (QED) is 0.727. The molecule has 2 heterocycles. The van der Waals surface area contributed by atoms with Gasteiger partial charge >= 0.3 is 0 Å². The van der Waals surface area contributed by atoms with Crippen LogP contribution in [0.3, 0.4) is 0 Å². The van der Waals surface area contributed by atoms with Crippen LogP contribution in [0.2, 0.25) is 0 Å². The second-order valence-corrected chi connectivity index (χ2v) is 5.22. The highest BCUT2D eigenvalue weighted by molar-refractivity contribution is 9.10. The number of pyridine rings is 1. The summed E-state index contributed by atoms with van der Waals surface area (Å²) in [6.07, 6.45) is 1.70. The van der Waals surface area contributed by atoms with Crippen molar-refractivity contribution in [2.75, 3.05) is 0 Å². The van der Waals surface area contributed by atoms with Gasteiger partial charge in [-0.15, -0.1) is 0 Å². The van der Waals surface area contributed by atoms with E-state index in [1.54, 1.807) is 22.7 Å². The Balaban J connectivity index is 2.25. The second-order valence-electron chi connectivity index (χ2n) is 4.30. The van der Waals surface area contributed by atoms with Crippen molar-refractivity contribution in [1.29, 1.82) is 0 Å². The lowest BCUT2D eigenvalue weighted by Gasteiger charge is -2.02. The van der Waals surface area contributed by atoms with E-state index >= 15 is 0 Å². The van der Waals surface area contributed by atoms with Crippen LogP contribution < -0.4 is 0 Å². The third-order valence-electron chi connectivity index (χ3n) is 3.10. The van der Waals surface area contributed by atoms with Crippen LogP contribution in [0, 0.1) is 6.57 Å². The van der Waals surface area contributed by atoms with Crippen LogP contribution in [0.1, 0.15) is 5.69 Å². The van der Waals surface area contributed by atoms with E-state index < -0.39 is 0 Å². The fourth-order valence-electron chi connectivity index (χ4n) is 2.14. The highest BCUT2D eigenvalue weighted by atomic mass is 79.9. The van der Waals surface area contributed by atoms with Gasteiger partial charge in [0, 0.05) is 16.2 Å². The van der Waals surface area contributed by atoms with Gasteiger partial charge < -0.3 is 9.51 Å². The number of imidazole rings is 1. The highest BCUT2D eigenvalue weighted by Gasteiger charge is 2.13. The predicted octanol–water partition coefficient (Wildman–Crippen LogP) is 3.81. The second kappa shape index (κ2) is 5.08. The molecule has 0 amide bonds. The van der Waals surface area contributed by atoms with Crippen LogP contribution in [-0.4, -0.2) is 14.5 Å². The van der Waals surface area contributed by atoms with E-state index in [4.69, 9.17) is 6.57 Å². The van der Waals surface area contributed by atoms with Gasteiger partial charge in [-0.3, -0.25) is 0 Å². The number of rotatable bonds is 2. The van der Waals surface area contributed by atoms with E-state index in [1.807, 2.05) is 24.3 Å². The fourth-order valence-corrected chi connectivity index (χ4v) is 2.40. The summed E-state index contributed by atoms with van der Waals surface area (Å²) in [5.41, 5.74) is 3.60. The number of hydrogen-bond acceptors (Lipinski definition) is 2. The average Bonchev–Trinajstić information content (AvgIpc) is 2.85. The molecule has 20 heavy (non-hydrogen) atoms. The van der Waals surface area contributed by atoms with E-state index in [2.05, 4.69) is 25.8 Å². The molecule has 0 saturated carbocycles. The molecule has 3 aromatic rings. The lowest BCUT2D eigenvalue weighted by atomic mass is 10.1. The maximum absolute atomic E-state index is 9.64. The molecule has 0 atom stereocenters. The molecule has 3 rings (SSSR count). The third kappa shape index (κ3) is 2.09. The van der Waals surface area contributed by atoms with Crippen LogP contribution in [0.15, 0.2) is 47.1 Å².